The Morgan fingerprint density at radius 1 is 0.557 bits per heavy atom. The Balaban J connectivity index is 4.28. The average Bonchev–Trinajstić information content (AvgIpc) is 3.24. The lowest BCUT2D eigenvalue weighted by atomic mass is 10.0. The number of hydrogen-bond acceptors (Lipinski definition) is 10. The number of phosphoric acid groups is 1. The number of aliphatic hydroxyl groups excluding tert-OH is 2. The van der Waals surface area contributed by atoms with E-state index in [0.717, 1.165) is 38.5 Å². The van der Waals surface area contributed by atoms with Gasteiger partial charge < -0.3 is 30.3 Å². The summed E-state index contributed by atoms with van der Waals surface area (Å²) in [7, 11) is -4.45. The van der Waals surface area contributed by atoms with E-state index in [0.29, 0.717) is 12.8 Å². The van der Waals surface area contributed by atoms with Crippen molar-refractivity contribution >= 4 is 19.8 Å². The number of esters is 2. The van der Waals surface area contributed by atoms with E-state index < -0.39 is 44.7 Å². The van der Waals surface area contributed by atoms with E-state index >= 15 is 0 Å². The predicted octanol–water partition coefficient (Wildman–Crippen LogP) is 12.2. The van der Waals surface area contributed by atoms with Gasteiger partial charge in [-0.3, -0.25) is 18.6 Å². The summed E-state index contributed by atoms with van der Waals surface area (Å²) < 4.78 is 32.7. The molecular weight excluding hydrogens is 794 g/mol. The highest BCUT2D eigenvalue weighted by molar-refractivity contribution is 7.47. The van der Waals surface area contributed by atoms with Gasteiger partial charge in [-0.15, -0.1) is 0 Å². The summed E-state index contributed by atoms with van der Waals surface area (Å²) in [5, 5.41) is 20.7. The van der Waals surface area contributed by atoms with Crippen molar-refractivity contribution in [1.29, 1.82) is 0 Å². The maximum Gasteiger partial charge on any atom is 0.472 e. The zero-order valence-corrected chi connectivity index (χ0v) is 39.5. The molecule has 0 aromatic rings. The molecule has 0 saturated heterocycles. The van der Waals surface area contributed by atoms with Crippen LogP contribution in [-0.2, 0) is 32.7 Å². The minimum atomic E-state index is -4.45. The van der Waals surface area contributed by atoms with Crippen LogP contribution < -0.4 is 5.73 Å². The van der Waals surface area contributed by atoms with Gasteiger partial charge in [-0.05, 0) is 77.0 Å². The molecule has 0 aliphatic heterocycles. The van der Waals surface area contributed by atoms with Gasteiger partial charge in [0.15, 0.2) is 6.10 Å². The second-order valence-corrected chi connectivity index (χ2v) is 17.7. The molecule has 0 radical (unpaired) electrons. The maximum absolute atomic E-state index is 12.6. The Labute approximate surface area is 372 Å². The van der Waals surface area contributed by atoms with Crippen molar-refractivity contribution in [2.45, 2.75) is 225 Å². The number of carbonyl (C=O) groups is 2. The molecule has 0 amide bonds. The number of allylic oxidation sites excluding steroid dienone is 7. The fourth-order valence-corrected chi connectivity index (χ4v) is 7.38. The highest BCUT2D eigenvalue weighted by Gasteiger charge is 2.26. The summed E-state index contributed by atoms with van der Waals surface area (Å²) in [6.07, 6.45) is 44.6. The van der Waals surface area contributed by atoms with Crippen LogP contribution in [0.15, 0.2) is 48.6 Å². The van der Waals surface area contributed by atoms with Gasteiger partial charge in [-0.25, -0.2) is 4.57 Å². The van der Waals surface area contributed by atoms with E-state index in [1.54, 1.807) is 0 Å². The van der Waals surface area contributed by atoms with Crippen LogP contribution in [0.4, 0.5) is 0 Å². The smallest absolute Gasteiger partial charge is 0.462 e. The molecule has 0 heterocycles. The van der Waals surface area contributed by atoms with Gasteiger partial charge in [0.05, 0.1) is 25.4 Å². The first-order chi connectivity index (χ1) is 29.6. The maximum atomic E-state index is 12.6. The van der Waals surface area contributed by atoms with Crippen molar-refractivity contribution in [2.24, 2.45) is 5.73 Å². The van der Waals surface area contributed by atoms with Gasteiger partial charge in [0.1, 0.15) is 6.61 Å². The van der Waals surface area contributed by atoms with Crippen molar-refractivity contribution < 1.29 is 47.8 Å². The third-order valence-electron chi connectivity index (χ3n) is 10.4. The highest BCUT2D eigenvalue weighted by atomic mass is 31.2. The molecule has 0 spiro atoms. The molecular formula is C49H90NO10P. The topological polar surface area (TPSA) is 175 Å². The summed E-state index contributed by atoms with van der Waals surface area (Å²) >= 11 is 0. The lowest BCUT2D eigenvalue weighted by Gasteiger charge is -2.20. The minimum absolute atomic E-state index is 0.0131. The normalized spacial score (nSPS) is 14.7. The molecule has 0 bridgehead atoms. The molecule has 4 atom stereocenters. The molecule has 11 nitrogen and oxygen atoms in total. The van der Waals surface area contributed by atoms with Crippen LogP contribution in [0.1, 0.15) is 206 Å². The first-order valence-corrected chi connectivity index (χ1v) is 25.8. The van der Waals surface area contributed by atoms with Gasteiger partial charge in [0.25, 0.3) is 0 Å². The Bertz CT molecular complexity index is 1180. The van der Waals surface area contributed by atoms with Gasteiger partial charge >= 0.3 is 19.8 Å². The Morgan fingerprint density at radius 2 is 1.02 bits per heavy atom. The number of nitrogens with two attached hydrogens (primary N) is 1. The Kier molecular flexibility index (Phi) is 43.0. The Hall–Kier alpha value is -2.11. The quantitative estimate of drug-likeness (QED) is 0.0198. The van der Waals surface area contributed by atoms with Crippen LogP contribution >= 0.6 is 7.82 Å². The van der Waals surface area contributed by atoms with E-state index in [1.165, 1.54) is 116 Å². The number of unbranched alkanes of at least 4 members (excludes halogenated alkanes) is 20. The number of ether oxygens (including phenoxy) is 2. The first-order valence-electron chi connectivity index (χ1n) is 24.3. The lowest BCUT2D eigenvalue weighted by Crippen LogP contribution is -2.30. The van der Waals surface area contributed by atoms with Crippen LogP contribution in [0.3, 0.4) is 0 Å². The second-order valence-electron chi connectivity index (χ2n) is 16.3. The number of aliphatic hydroxyl groups is 2. The van der Waals surface area contributed by atoms with Gasteiger partial charge in [0.2, 0.25) is 0 Å². The van der Waals surface area contributed by atoms with Crippen molar-refractivity contribution in [3.05, 3.63) is 48.6 Å². The van der Waals surface area contributed by atoms with E-state index in [1.807, 2.05) is 12.2 Å². The summed E-state index contributed by atoms with van der Waals surface area (Å²) in [5.41, 5.74) is 5.34. The van der Waals surface area contributed by atoms with Crippen molar-refractivity contribution in [3.8, 4) is 0 Å². The standard InChI is InChI=1S/C49H90NO10P/c1-3-5-7-9-11-13-15-17-18-19-20-21-22-23-24-25-27-29-31-33-35-39-49(54)60-45(44-59-61(55,56)58-42-41-50)43-57-48(53)40-36-38-47(52)46(51)37-34-32-30-28-26-16-14-12-10-8-6-4-2/h12,14,17-18,26,28,32,34,45-47,51-52H,3-11,13,15-16,19-25,27,29-31,33,35-44,50H2,1-2H3,(H,55,56)/b14-12-,18-17-,28-26-,34-32-/t45-,46?,47?/m1/s1. The van der Waals surface area contributed by atoms with Crippen LogP contribution in [0, 0.1) is 0 Å². The van der Waals surface area contributed by atoms with Crippen molar-refractivity contribution in [3.63, 3.8) is 0 Å². The zero-order valence-electron chi connectivity index (χ0n) is 38.6. The monoisotopic (exact) mass is 884 g/mol. The number of carbonyl (C=O) groups excluding carboxylic acids is 2. The average molecular weight is 884 g/mol. The van der Waals surface area contributed by atoms with E-state index in [9.17, 15) is 29.3 Å². The molecule has 356 valence electrons. The van der Waals surface area contributed by atoms with E-state index in [4.69, 9.17) is 24.3 Å². The number of phosphoric ester groups is 1. The molecule has 0 rings (SSSR count). The van der Waals surface area contributed by atoms with Crippen molar-refractivity contribution in [2.75, 3.05) is 26.4 Å². The molecule has 0 aromatic carbocycles. The molecule has 0 aliphatic carbocycles. The van der Waals surface area contributed by atoms with Crippen LogP contribution in [0.5, 0.6) is 0 Å². The third-order valence-corrected chi connectivity index (χ3v) is 11.4. The largest absolute Gasteiger partial charge is 0.472 e. The summed E-state index contributed by atoms with van der Waals surface area (Å²) in [4.78, 5) is 35.0. The summed E-state index contributed by atoms with van der Waals surface area (Å²) in [6.45, 7) is 3.38. The zero-order chi connectivity index (χ0) is 44.9. The van der Waals surface area contributed by atoms with Gasteiger partial charge in [-0.2, -0.15) is 0 Å². The molecule has 0 saturated carbocycles. The van der Waals surface area contributed by atoms with Gasteiger partial charge in [0, 0.05) is 19.4 Å². The molecule has 12 heteroatoms. The second kappa shape index (κ2) is 44.5. The number of rotatable bonds is 45. The summed E-state index contributed by atoms with van der Waals surface area (Å²) in [6, 6.07) is 0. The van der Waals surface area contributed by atoms with Gasteiger partial charge in [-0.1, -0.05) is 165 Å². The van der Waals surface area contributed by atoms with Crippen LogP contribution in [-0.4, -0.2) is 71.7 Å². The fraction of sp³-hybridized carbons (Fsp3) is 0.796. The highest BCUT2D eigenvalue weighted by Crippen LogP contribution is 2.43. The predicted molar refractivity (Wildman–Crippen MR) is 250 cm³/mol. The molecule has 5 N–H and O–H groups in total. The molecule has 0 fully saturated rings. The lowest BCUT2D eigenvalue weighted by molar-refractivity contribution is -0.161. The number of hydrogen-bond donors (Lipinski definition) is 4. The molecule has 0 aliphatic rings. The summed E-state index contributed by atoms with van der Waals surface area (Å²) in [5.74, 6) is -1.11. The fourth-order valence-electron chi connectivity index (χ4n) is 6.62. The third kappa shape index (κ3) is 42.9. The molecule has 0 aromatic heterocycles. The van der Waals surface area contributed by atoms with Crippen molar-refractivity contribution in [1.82, 2.24) is 0 Å². The van der Waals surface area contributed by atoms with Crippen LogP contribution in [0.25, 0.3) is 0 Å². The SMILES string of the molecule is CCCCC/C=C\C/C=C\C/C=C\CC(O)C(O)CCCC(=O)OC[C@H](COP(=O)(O)OCCN)OC(=O)CCCCCCCCCCCCC/C=C\CCCCCCCC. The molecule has 3 unspecified atom stereocenters. The minimum Gasteiger partial charge on any atom is -0.462 e. The van der Waals surface area contributed by atoms with E-state index in [2.05, 4.69) is 50.3 Å². The molecule has 61 heavy (non-hydrogen) atoms. The van der Waals surface area contributed by atoms with Crippen LogP contribution in [0.2, 0.25) is 0 Å². The Morgan fingerprint density at radius 3 is 1.59 bits per heavy atom. The van der Waals surface area contributed by atoms with E-state index in [-0.39, 0.29) is 45.4 Å². The first kappa shape index (κ1) is 58.9.